The van der Waals surface area contributed by atoms with Crippen LogP contribution in [0.4, 0.5) is 8.78 Å². The first-order valence-corrected chi connectivity index (χ1v) is 6.58. The first kappa shape index (κ1) is 15.2. The molecule has 21 heavy (non-hydrogen) atoms. The van der Waals surface area contributed by atoms with Crippen LogP contribution in [0.1, 0.15) is 16.7 Å². The van der Waals surface area contributed by atoms with E-state index in [4.69, 9.17) is 4.74 Å². The Morgan fingerprint density at radius 1 is 1.05 bits per heavy atom. The zero-order chi connectivity index (χ0) is 15.4. The molecule has 4 heteroatoms. The van der Waals surface area contributed by atoms with E-state index in [2.05, 4.69) is 0 Å². The number of benzene rings is 2. The Morgan fingerprint density at radius 2 is 1.71 bits per heavy atom. The number of carbonyl (C=O) groups excluding carboxylic acids is 1. The lowest BCUT2D eigenvalue weighted by Gasteiger charge is -2.09. The molecule has 0 saturated heterocycles. The number of Topliss-reactive ketones (excluding diaryl/α,β-unsaturated/α-hetero) is 1. The van der Waals surface area contributed by atoms with Crippen LogP contribution in [0.3, 0.4) is 0 Å². The Balaban J connectivity index is 2.13. The fourth-order valence-corrected chi connectivity index (χ4v) is 2.26. The molecule has 0 unspecified atom stereocenters. The summed E-state index contributed by atoms with van der Waals surface area (Å²) in [5.74, 6) is -0.833. The molecule has 0 radical (unpaired) electrons. The van der Waals surface area contributed by atoms with E-state index in [-0.39, 0.29) is 18.6 Å². The minimum Gasteiger partial charge on any atom is -0.496 e. The summed E-state index contributed by atoms with van der Waals surface area (Å²) in [7, 11) is 1.54. The van der Waals surface area contributed by atoms with Crippen LogP contribution in [0.25, 0.3) is 0 Å². The highest BCUT2D eigenvalue weighted by molar-refractivity contribution is 5.83. The monoisotopic (exact) mass is 290 g/mol. The third-order valence-corrected chi connectivity index (χ3v) is 3.15. The lowest BCUT2D eigenvalue weighted by Crippen LogP contribution is -2.08. The fourth-order valence-electron chi connectivity index (χ4n) is 2.26. The van der Waals surface area contributed by atoms with Gasteiger partial charge in [0.25, 0.3) is 0 Å². The maximum atomic E-state index is 13.1. The highest BCUT2D eigenvalue weighted by Crippen LogP contribution is 2.21. The zero-order valence-corrected chi connectivity index (χ0v) is 12.0. The first-order chi connectivity index (χ1) is 9.97. The quantitative estimate of drug-likeness (QED) is 0.840. The Labute approximate surface area is 122 Å². The molecule has 2 nitrogen and oxygen atoms in total. The summed E-state index contributed by atoms with van der Waals surface area (Å²) in [5.41, 5.74) is 2.14. The molecule has 0 atom stereocenters. The van der Waals surface area contributed by atoms with E-state index in [1.165, 1.54) is 12.1 Å². The molecule has 2 aromatic rings. The van der Waals surface area contributed by atoms with Crippen molar-refractivity contribution in [3.63, 3.8) is 0 Å². The van der Waals surface area contributed by atoms with Gasteiger partial charge in [0.1, 0.15) is 23.2 Å². The molecule has 0 spiro atoms. The summed E-state index contributed by atoms with van der Waals surface area (Å²) in [5, 5.41) is 0. The van der Waals surface area contributed by atoms with Gasteiger partial charge in [0.2, 0.25) is 0 Å². The van der Waals surface area contributed by atoms with Crippen LogP contribution < -0.4 is 4.74 Å². The first-order valence-electron chi connectivity index (χ1n) is 6.58. The molecular formula is C17H16F2O2. The summed E-state index contributed by atoms with van der Waals surface area (Å²) in [6.07, 6.45) is 0.161. The van der Waals surface area contributed by atoms with Gasteiger partial charge in [-0.2, -0.15) is 0 Å². The second kappa shape index (κ2) is 6.48. The van der Waals surface area contributed by atoms with Gasteiger partial charge in [0, 0.05) is 24.5 Å². The molecule has 0 aliphatic heterocycles. The number of ether oxygens (including phenoxy) is 1. The fraction of sp³-hybridized carbons (Fsp3) is 0.235. The minimum atomic E-state index is -0.675. The zero-order valence-electron chi connectivity index (χ0n) is 12.0. The van der Waals surface area contributed by atoms with Gasteiger partial charge >= 0.3 is 0 Å². The lowest BCUT2D eigenvalue weighted by molar-refractivity contribution is -0.117. The van der Waals surface area contributed by atoms with Crippen molar-refractivity contribution < 1.29 is 18.3 Å². The van der Waals surface area contributed by atoms with E-state index in [9.17, 15) is 13.6 Å². The average Bonchev–Trinajstić information content (AvgIpc) is 2.37. The van der Waals surface area contributed by atoms with Gasteiger partial charge < -0.3 is 4.74 Å². The van der Waals surface area contributed by atoms with Crippen molar-refractivity contribution in [2.45, 2.75) is 19.8 Å². The number of hydrogen-bond acceptors (Lipinski definition) is 2. The Kier molecular flexibility index (Phi) is 4.68. The average molecular weight is 290 g/mol. The molecule has 0 aliphatic rings. The van der Waals surface area contributed by atoms with E-state index in [1.54, 1.807) is 13.2 Å². The van der Waals surface area contributed by atoms with Gasteiger partial charge in [-0.3, -0.25) is 4.79 Å². The summed E-state index contributed by atoms with van der Waals surface area (Å²) in [6.45, 7) is 1.93. The van der Waals surface area contributed by atoms with Crippen molar-refractivity contribution in [2.24, 2.45) is 0 Å². The maximum Gasteiger partial charge on any atom is 0.141 e. The normalized spacial score (nSPS) is 10.5. The Bertz CT molecular complexity index is 646. The van der Waals surface area contributed by atoms with Gasteiger partial charge in [0.05, 0.1) is 7.11 Å². The molecule has 0 fully saturated rings. The molecule has 0 heterocycles. The molecule has 0 N–H and O–H groups in total. The van der Waals surface area contributed by atoms with Gasteiger partial charge in [-0.05, 0) is 30.7 Å². The summed E-state index contributed by atoms with van der Waals surface area (Å²) < 4.78 is 31.4. The van der Waals surface area contributed by atoms with Gasteiger partial charge in [-0.25, -0.2) is 8.78 Å². The molecule has 2 aromatic carbocycles. The Hall–Kier alpha value is -2.23. The van der Waals surface area contributed by atoms with E-state index >= 15 is 0 Å². The number of aryl methyl sites for hydroxylation is 1. The number of ketones is 1. The minimum absolute atomic E-state index is 0.00816. The topological polar surface area (TPSA) is 26.3 Å². The van der Waals surface area contributed by atoms with Crippen molar-refractivity contribution in [3.8, 4) is 5.75 Å². The molecule has 110 valence electrons. The highest BCUT2D eigenvalue weighted by atomic mass is 19.1. The second-order valence-electron chi connectivity index (χ2n) is 4.99. The van der Waals surface area contributed by atoms with Crippen LogP contribution >= 0.6 is 0 Å². The van der Waals surface area contributed by atoms with Gasteiger partial charge in [-0.1, -0.05) is 17.7 Å². The van der Waals surface area contributed by atoms with Gasteiger partial charge in [-0.15, -0.1) is 0 Å². The predicted molar refractivity (Wildman–Crippen MR) is 76.5 cm³/mol. The summed E-state index contributed by atoms with van der Waals surface area (Å²) in [6, 6.07) is 8.72. The second-order valence-corrected chi connectivity index (χ2v) is 4.99. The number of methoxy groups -OCH3 is 1. The van der Waals surface area contributed by atoms with Gasteiger partial charge in [0.15, 0.2) is 0 Å². The van der Waals surface area contributed by atoms with E-state index in [1.807, 2.05) is 19.1 Å². The standard InChI is InChI=1S/C17H16F2O2/c1-11-3-4-17(21-2)13(5-11)9-16(20)8-12-6-14(18)10-15(19)7-12/h3-7,10H,8-9H2,1-2H3. The maximum absolute atomic E-state index is 13.1. The SMILES string of the molecule is COc1ccc(C)cc1CC(=O)Cc1cc(F)cc(F)c1. The largest absolute Gasteiger partial charge is 0.496 e. The molecule has 0 saturated carbocycles. The third-order valence-electron chi connectivity index (χ3n) is 3.15. The lowest BCUT2D eigenvalue weighted by atomic mass is 10.0. The third kappa shape index (κ3) is 4.12. The molecule has 0 aromatic heterocycles. The molecule has 0 bridgehead atoms. The van der Waals surface area contributed by atoms with Crippen molar-refractivity contribution in [2.75, 3.05) is 7.11 Å². The van der Waals surface area contributed by atoms with E-state index in [0.29, 0.717) is 11.3 Å². The molecule has 0 amide bonds. The number of rotatable bonds is 5. The van der Waals surface area contributed by atoms with Crippen molar-refractivity contribution in [1.29, 1.82) is 0 Å². The van der Waals surface area contributed by atoms with Crippen molar-refractivity contribution in [1.82, 2.24) is 0 Å². The molecular weight excluding hydrogens is 274 g/mol. The van der Waals surface area contributed by atoms with E-state index < -0.39 is 11.6 Å². The van der Waals surface area contributed by atoms with Crippen LogP contribution in [0.2, 0.25) is 0 Å². The molecule has 0 aliphatic carbocycles. The number of hydrogen-bond donors (Lipinski definition) is 0. The van der Waals surface area contributed by atoms with E-state index in [0.717, 1.165) is 17.2 Å². The van der Waals surface area contributed by atoms with Crippen LogP contribution in [-0.2, 0) is 17.6 Å². The van der Waals surface area contributed by atoms with Crippen LogP contribution in [0.15, 0.2) is 36.4 Å². The van der Waals surface area contributed by atoms with Crippen LogP contribution in [-0.4, -0.2) is 12.9 Å². The Morgan fingerprint density at radius 3 is 2.33 bits per heavy atom. The summed E-state index contributed by atoms with van der Waals surface area (Å²) in [4.78, 5) is 12.1. The van der Waals surface area contributed by atoms with Crippen molar-refractivity contribution in [3.05, 3.63) is 64.7 Å². The number of carbonyl (C=O) groups is 1. The molecule has 2 rings (SSSR count). The number of halogens is 2. The summed E-state index contributed by atoms with van der Waals surface area (Å²) >= 11 is 0. The van der Waals surface area contributed by atoms with Crippen molar-refractivity contribution >= 4 is 5.78 Å². The highest BCUT2D eigenvalue weighted by Gasteiger charge is 2.11. The van der Waals surface area contributed by atoms with Crippen LogP contribution in [0.5, 0.6) is 5.75 Å². The smallest absolute Gasteiger partial charge is 0.141 e. The van der Waals surface area contributed by atoms with Crippen LogP contribution in [0, 0.1) is 18.6 Å². The predicted octanol–water partition coefficient (Wildman–Crippen LogP) is 3.64.